The molecule has 0 heterocycles. The molecule has 54 valence electrons. The first-order valence-electron chi connectivity index (χ1n) is 3.84. The normalized spacial score (nSPS) is 30.4. The summed E-state index contributed by atoms with van der Waals surface area (Å²) in [6.07, 6.45) is 3.25. The van der Waals surface area contributed by atoms with Crippen LogP contribution in [-0.2, 0) is 0 Å². The first-order chi connectivity index (χ1) is 4.86. The lowest BCUT2D eigenvalue weighted by Gasteiger charge is -2.32. The van der Waals surface area contributed by atoms with Crippen molar-refractivity contribution in [3.63, 3.8) is 0 Å². The fourth-order valence-electron chi connectivity index (χ4n) is 1.59. The maximum absolute atomic E-state index is 8.55. The average Bonchev–Trinajstić information content (AvgIpc) is 1.84. The van der Waals surface area contributed by atoms with Crippen molar-refractivity contribution in [2.45, 2.75) is 25.1 Å². The number of aliphatic hydroxyl groups is 1. The Morgan fingerprint density at radius 1 is 1.60 bits per heavy atom. The second-order valence-corrected chi connectivity index (χ2v) is 3.08. The van der Waals surface area contributed by atoms with Gasteiger partial charge in [-0.2, -0.15) is 0 Å². The number of hydrogen-bond acceptors (Lipinski definition) is 2. The summed E-state index contributed by atoms with van der Waals surface area (Å²) in [6, 6.07) is 0. The van der Waals surface area contributed by atoms with Gasteiger partial charge in [0.2, 0.25) is 0 Å². The van der Waals surface area contributed by atoms with Crippen LogP contribution in [0.3, 0.4) is 0 Å². The van der Waals surface area contributed by atoms with Gasteiger partial charge < -0.3 is 5.11 Å². The molecule has 0 amide bonds. The van der Waals surface area contributed by atoms with E-state index in [1.54, 1.807) is 0 Å². The summed E-state index contributed by atoms with van der Waals surface area (Å²) in [5.74, 6) is 3.52. The van der Waals surface area contributed by atoms with Gasteiger partial charge in [0.05, 0.1) is 0 Å². The Hall–Kier alpha value is -0.485. The molecule has 0 bridgehead atoms. The standard InChI is InChI=1S/C7H12BNO/c9-5-8-7-3-6(4-7)1-2-10/h6-8,10H,1-4H2. The van der Waals surface area contributed by atoms with E-state index >= 15 is 0 Å². The molecule has 0 radical (unpaired) electrons. The number of nitriles is 1. The van der Waals surface area contributed by atoms with Crippen molar-refractivity contribution in [2.24, 2.45) is 5.92 Å². The molecular formula is C7H12BNO. The molecule has 0 aliphatic heterocycles. The Kier molecular flexibility index (Phi) is 2.76. The van der Waals surface area contributed by atoms with E-state index in [0.717, 1.165) is 19.3 Å². The van der Waals surface area contributed by atoms with Crippen molar-refractivity contribution in [1.82, 2.24) is 0 Å². The fraction of sp³-hybridized carbons (Fsp3) is 0.857. The van der Waals surface area contributed by atoms with Crippen LogP contribution in [0.5, 0.6) is 0 Å². The van der Waals surface area contributed by atoms with E-state index in [0.29, 0.717) is 25.6 Å². The molecule has 0 saturated heterocycles. The first-order valence-corrected chi connectivity index (χ1v) is 3.84. The van der Waals surface area contributed by atoms with Crippen LogP contribution in [0.2, 0.25) is 5.82 Å². The Morgan fingerprint density at radius 3 is 2.80 bits per heavy atom. The molecule has 0 unspecified atom stereocenters. The topological polar surface area (TPSA) is 44.0 Å². The third-order valence-corrected chi connectivity index (χ3v) is 2.25. The van der Waals surface area contributed by atoms with Crippen molar-refractivity contribution in [2.75, 3.05) is 6.61 Å². The lowest BCUT2D eigenvalue weighted by Crippen LogP contribution is -2.23. The summed E-state index contributed by atoms with van der Waals surface area (Å²) in [5.41, 5.74) is 0. The smallest absolute Gasteiger partial charge is 0.253 e. The fourth-order valence-corrected chi connectivity index (χ4v) is 1.59. The maximum atomic E-state index is 8.55. The van der Waals surface area contributed by atoms with Crippen molar-refractivity contribution >= 4 is 7.28 Å². The first kappa shape index (κ1) is 7.62. The van der Waals surface area contributed by atoms with Crippen molar-refractivity contribution < 1.29 is 5.11 Å². The average molecular weight is 137 g/mol. The van der Waals surface area contributed by atoms with Crippen LogP contribution < -0.4 is 0 Å². The van der Waals surface area contributed by atoms with E-state index in [1.165, 1.54) is 0 Å². The molecule has 0 atom stereocenters. The molecule has 1 saturated carbocycles. The quantitative estimate of drug-likeness (QED) is 0.575. The highest BCUT2D eigenvalue weighted by molar-refractivity contribution is 6.47. The minimum absolute atomic E-state index is 0.309. The Labute approximate surface area is 62.1 Å². The maximum Gasteiger partial charge on any atom is 0.253 e. The van der Waals surface area contributed by atoms with E-state index in [2.05, 4.69) is 5.97 Å². The van der Waals surface area contributed by atoms with Crippen molar-refractivity contribution in [1.29, 1.82) is 5.26 Å². The van der Waals surface area contributed by atoms with E-state index in [9.17, 15) is 0 Å². The van der Waals surface area contributed by atoms with Gasteiger partial charge in [-0.25, -0.2) is 5.26 Å². The molecule has 0 aromatic rings. The summed E-state index contributed by atoms with van der Waals surface area (Å²) in [7, 11) is 0.710. The predicted molar refractivity (Wildman–Crippen MR) is 40.9 cm³/mol. The lowest BCUT2D eigenvalue weighted by atomic mass is 9.52. The lowest BCUT2D eigenvalue weighted by molar-refractivity contribution is 0.208. The van der Waals surface area contributed by atoms with Crippen molar-refractivity contribution in [3.8, 4) is 5.97 Å². The number of rotatable bonds is 3. The van der Waals surface area contributed by atoms with E-state index in [1.807, 2.05) is 0 Å². The monoisotopic (exact) mass is 137 g/mol. The van der Waals surface area contributed by atoms with Gasteiger partial charge in [0.1, 0.15) is 0 Å². The van der Waals surface area contributed by atoms with E-state index < -0.39 is 0 Å². The number of aliphatic hydroxyl groups excluding tert-OH is 1. The van der Waals surface area contributed by atoms with Gasteiger partial charge >= 0.3 is 0 Å². The third-order valence-electron chi connectivity index (χ3n) is 2.25. The molecule has 10 heavy (non-hydrogen) atoms. The van der Waals surface area contributed by atoms with Crippen LogP contribution in [0.15, 0.2) is 0 Å². The summed E-state index contributed by atoms with van der Waals surface area (Å²) >= 11 is 0. The Balaban J connectivity index is 2.02. The number of hydrogen-bond donors (Lipinski definition) is 1. The molecule has 0 spiro atoms. The molecule has 1 N–H and O–H groups in total. The molecule has 3 heteroatoms. The molecule has 0 aromatic carbocycles. The SMILES string of the molecule is N#CBC1CC(CCO)C1. The molecule has 1 aliphatic carbocycles. The van der Waals surface area contributed by atoms with Gasteiger partial charge in [0.25, 0.3) is 7.28 Å². The van der Waals surface area contributed by atoms with Gasteiger partial charge in [-0.3, -0.25) is 0 Å². The van der Waals surface area contributed by atoms with Crippen LogP contribution in [0.1, 0.15) is 19.3 Å². The summed E-state index contributed by atoms with van der Waals surface area (Å²) in [6.45, 7) is 0.309. The predicted octanol–water partition coefficient (Wildman–Crippen LogP) is 0.485. The third kappa shape index (κ3) is 1.75. The second kappa shape index (κ2) is 3.63. The molecule has 1 fully saturated rings. The molecule has 1 aliphatic rings. The van der Waals surface area contributed by atoms with Crippen LogP contribution in [-0.4, -0.2) is 19.0 Å². The van der Waals surface area contributed by atoms with Crippen LogP contribution in [0.25, 0.3) is 0 Å². The highest BCUT2D eigenvalue weighted by Gasteiger charge is 2.28. The van der Waals surface area contributed by atoms with Crippen LogP contribution >= 0.6 is 0 Å². The van der Waals surface area contributed by atoms with Crippen LogP contribution in [0.4, 0.5) is 0 Å². The van der Waals surface area contributed by atoms with E-state index in [4.69, 9.17) is 10.4 Å². The Morgan fingerprint density at radius 2 is 2.30 bits per heavy atom. The van der Waals surface area contributed by atoms with Crippen LogP contribution in [0, 0.1) is 17.1 Å². The largest absolute Gasteiger partial charge is 0.396 e. The summed E-state index contributed by atoms with van der Waals surface area (Å²) in [5, 5.41) is 16.9. The zero-order valence-corrected chi connectivity index (χ0v) is 6.08. The van der Waals surface area contributed by atoms with E-state index in [-0.39, 0.29) is 0 Å². The van der Waals surface area contributed by atoms with Gasteiger partial charge in [-0.1, -0.05) is 18.7 Å². The number of nitrogens with zero attached hydrogens (tertiary/aromatic N) is 1. The Bertz CT molecular complexity index is 137. The summed E-state index contributed by atoms with van der Waals surface area (Å²) in [4.78, 5) is 0. The highest BCUT2D eigenvalue weighted by Crippen LogP contribution is 2.39. The van der Waals surface area contributed by atoms with Crippen molar-refractivity contribution in [3.05, 3.63) is 0 Å². The van der Waals surface area contributed by atoms with Gasteiger partial charge in [-0.05, 0) is 18.3 Å². The van der Waals surface area contributed by atoms with Gasteiger partial charge in [-0.15, -0.1) is 0 Å². The molecule has 0 aromatic heterocycles. The zero-order valence-electron chi connectivity index (χ0n) is 6.08. The molecule has 2 nitrogen and oxygen atoms in total. The minimum atomic E-state index is 0.309. The van der Waals surface area contributed by atoms with Gasteiger partial charge in [0, 0.05) is 6.61 Å². The minimum Gasteiger partial charge on any atom is -0.396 e. The second-order valence-electron chi connectivity index (χ2n) is 3.08. The zero-order chi connectivity index (χ0) is 7.40. The molecular weight excluding hydrogens is 125 g/mol. The van der Waals surface area contributed by atoms with Gasteiger partial charge in [0.15, 0.2) is 0 Å². The summed E-state index contributed by atoms with van der Waals surface area (Å²) < 4.78 is 0. The highest BCUT2D eigenvalue weighted by atomic mass is 16.3. The molecule has 1 rings (SSSR count).